The fourth-order valence-electron chi connectivity index (χ4n) is 3.62. The smallest absolute Gasteiger partial charge is 0.340 e. The lowest BCUT2D eigenvalue weighted by Gasteiger charge is -2.27. The number of anilines is 1. The molecule has 1 aliphatic rings. The first-order valence-electron chi connectivity index (χ1n) is 9.77. The maximum atomic E-state index is 14.1. The van der Waals surface area contributed by atoms with E-state index in [4.69, 9.17) is 4.74 Å². The number of halogens is 2. The first-order chi connectivity index (χ1) is 15.7. The number of methoxy groups -OCH3 is 1. The molecule has 4 rings (SSSR count). The minimum atomic E-state index is -4.15. The quantitative estimate of drug-likeness (QED) is 0.547. The highest BCUT2D eigenvalue weighted by atomic mass is 32.2. The van der Waals surface area contributed by atoms with E-state index in [9.17, 15) is 26.8 Å². The van der Waals surface area contributed by atoms with Gasteiger partial charge in [0.15, 0.2) is 4.21 Å². The van der Waals surface area contributed by atoms with Crippen LogP contribution < -0.4 is 4.72 Å². The lowest BCUT2D eigenvalue weighted by atomic mass is 10.0. The number of ether oxygens (including phenoxy) is 1. The Morgan fingerprint density at radius 2 is 1.70 bits per heavy atom. The zero-order valence-electron chi connectivity index (χ0n) is 17.3. The van der Waals surface area contributed by atoms with E-state index in [1.54, 1.807) is 30.3 Å². The molecule has 11 heteroatoms. The zero-order chi connectivity index (χ0) is 23.8. The third-order valence-corrected chi connectivity index (χ3v) is 8.26. The minimum Gasteiger partial charge on any atom is -0.465 e. The van der Waals surface area contributed by atoms with Crippen molar-refractivity contribution in [3.63, 3.8) is 0 Å². The Morgan fingerprint density at radius 1 is 1.03 bits per heavy atom. The van der Waals surface area contributed by atoms with Gasteiger partial charge in [-0.1, -0.05) is 24.3 Å². The standard InChI is InChI=1S/C22H18F2N2O5S2/c1-31-21(28)18-14-10-11-26(20(27)19-15(23)8-5-9-16(19)24)12-17(14)32-22(18)33(29,30)25-13-6-3-2-4-7-13/h2-9,25H,10-12H2,1H3. The molecule has 172 valence electrons. The van der Waals surface area contributed by atoms with Crippen LogP contribution in [-0.2, 0) is 27.7 Å². The minimum absolute atomic E-state index is 0.0476. The molecule has 1 aromatic heterocycles. The number of benzene rings is 2. The Kier molecular flexibility index (Phi) is 6.17. The van der Waals surface area contributed by atoms with Crippen LogP contribution in [0, 0.1) is 11.6 Å². The van der Waals surface area contributed by atoms with Gasteiger partial charge < -0.3 is 9.64 Å². The molecule has 33 heavy (non-hydrogen) atoms. The molecule has 3 aromatic rings. The van der Waals surface area contributed by atoms with Gasteiger partial charge in [-0.25, -0.2) is 22.0 Å². The van der Waals surface area contributed by atoms with Gasteiger partial charge in [0.1, 0.15) is 17.2 Å². The van der Waals surface area contributed by atoms with Crippen LogP contribution in [-0.4, -0.2) is 38.8 Å². The van der Waals surface area contributed by atoms with Crippen LogP contribution in [0.4, 0.5) is 14.5 Å². The monoisotopic (exact) mass is 492 g/mol. The molecule has 0 spiro atoms. The molecule has 1 amide bonds. The summed E-state index contributed by atoms with van der Waals surface area (Å²) in [6, 6.07) is 11.3. The molecule has 0 saturated heterocycles. The molecule has 2 heterocycles. The van der Waals surface area contributed by atoms with E-state index in [1.807, 2.05) is 0 Å². The Labute approximate surface area is 192 Å². The molecule has 0 aliphatic carbocycles. The highest BCUT2D eigenvalue weighted by molar-refractivity contribution is 7.94. The number of hydrogen-bond acceptors (Lipinski definition) is 6. The summed E-state index contributed by atoms with van der Waals surface area (Å²) in [7, 11) is -3.01. The fourth-order valence-corrected chi connectivity index (χ4v) is 6.58. The summed E-state index contributed by atoms with van der Waals surface area (Å²) < 4.78 is 61.4. The number of para-hydroxylation sites is 1. The van der Waals surface area contributed by atoms with Crippen molar-refractivity contribution in [2.24, 2.45) is 0 Å². The number of amides is 1. The van der Waals surface area contributed by atoms with Crippen molar-refractivity contribution < 1.29 is 31.5 Å². The number of nitrogens with zero attached hydrogens (tertiary/aromatic N) is 1. The maximum Gasteiger partial charge on any atom is 0.340 e. The predicted octanol–water partition coefficient (Wildman–Crippen LogP) is 3.81. The van der Waals surface area contributed by atoms with E-state index in [0.29, 0.717) is 16.1 Å². The Bertz CT molecular complexity index is 1320. The van der Waals surface area contributed by atoms with Gasteiger partial charge in [0.05, 0.1) is 19.2 Å². The summed E-state index contributed by atoms with van der Waals surface area (Å²) in [5.74, 6) is -3.64. The molecular weight excluding hydrogens is 474 g/mol. The van der Waals surface area contributed by atoms with Crippen molar-refractivity contribution in [1.82, 2.24) is 4.90 Å². The highest BCUT2D eigenvalue weighted by Gasteiger charge is 2.36. The van der Waals surface area contributed by atoms with Crippen LogP contribution >= 0.6 is 11.3 Å². The number of esters is 1. The van der Waals surface area contributed by atoms with Gasteiger partial charge in [-0.2, -0.15) is 0 Å². The number of carbonyl (C=O) groups excluding carboxylic acids is 2. The van der Waals surface area contributed by atoms with Gasteiger partial charge in [-0.05, 0) is 36.2 Å². The van der Waals surface area contributed by atoms with Crippen LogP contribution in [0.3, 0.4) is 0 Å². The summed E-state index contributed by atoms with van der Waals surface area (Å²) >= 11 is 0.824. The molecule has 0 fully saturated rings. The number of rotatable bonds is 5. The third-order valence-electron chi connectivity index (χ3n) is 5.15. The number of carbonyl (C=O) groups is 2. The van der Waals surface area contributed by atoms with Crippen LogP contribution in [0.25, 0.3) is 0 Å². The van der Waals surface area contributed by atoms with Gasteiger partial charge in [-0.15, -0.1) is 11.3 Å². The fraction of sp³-hybridized carbons (Fsp3) is 0.182. The van der Waals surface area contributed by atoms with Gasteiger partial charge in [-0.3, -0.25) is 9.52 Å². The van der Waals surface area contributed by atoms with Crippen molar-refractivity contribution >= 4 is 38.9 Å². The molecule has 7 nitrogen and oxygen atoms in total. The summed E-state index contributed by atoms with van der Waals surface area (Å²) in [6.45, 7) is -0.0522. The Balaban J connectivity index is 1.71. The predicted molar refractivity (Wildman–Crippen MR) is 118 cm³/mol. The molecule has 0 atom stereocenters. The van der Waals surface area contributed by atoms with Gasteiger partial charge in [0, 0.05) is 17.1 Å². The zero-order valence-corrected chi connectivity index (χ0v) is 18.9. The van der Waals surface area contributed by atoms with E-state index in [2.05, 4.69) is 4.72 Å². The highest BCUT2D eigenvalue weighted by Crippen LogP contribution is 2.38. The number of sulfonamides is 1. The third kappa shape index (κ3) is 4.33. The molecule has 2 aromatic carbocycles. The van der Waals surface area contributed by atoms with Crippen molar-refractivity contribution in [1.29, 1.82) is 0 Å². The van der Waals surface area contributed by atoms with Crippen LogP contribution in [0.1, 0.15) is 31.2 Å². The van der Waals surface area contributed by atoms with E-state index in [-0.39, 0.29) is 29.3 Å². The molecule has 0 radical (unpaired) electrons. The van der Waals surface area contributed by atoms with E-state index >= 15 is 0 Å². The second-order valence-corrected chi connectivity index (χ2v) is 10.2. The maximum absolute atomic E-state index is 14.1. The van der Waals surface area contributed by atoms with Crippen LogP contribution in [0.2, 0.25) is 0 Å². The van der Waals surface area contributed by atoms with Gasteiger partial charge in [0.2, 0.25) is 0 Å². The van der Waals surface area contributed by atoms with Crippen LogP contribution in [0.15, 0.2) is 52.7 Å². The Hall–Kier alpha value is -3.31. The van der Waals surface area contributed by atoms with Gasteiger partial charge in [0.25, 0.3) is 15.9 Å². The summed E-state index contributed by atoms with van der Waals surface area (Å²) in [6.07, 6.45) is 0.124. The molecule has 0 saturated carbocycles. The Morgan fingerprint density at radius 3 is 2.33 bits per heavy atom. The average Bonchev–Trinajstić information content (AvgIpc) is 3.18. The number of hydrogen-bond donors (Lipinski definition) is 1. The lowest BCUT2D eigenvalue weighted by Crippen LogP contribution is -2.36. The van der Waals surface area contributed by atoms with E-state index < -0.39 is 39.1 Å². The summed E-state index contributed by atoms with van der Waals surface area (Å²) in [4.78, 5) is 27.0. The number of nitrogens with one attached hydrogen (secondary N) is 1. The number of thiophene rings is 1. The molecule has 0 unspecified atom stereocenters. The summed E-state index contributed by atoms with van der Waals surface area (Å²) in [5, 5.41) is 0. The van der Waals surface area contributed by atoms with Crippen molar-refractivity contribution in [3.05, 3.63) is 81.7 Å². The second kappa shape index (κ2) is 8.91. The summed E-state index contributed by atoms with van der Waals surface area (Å²) in [5.41, 5.74) is -0.0146. The largest absolute Gasteiger partial charge is 0.465 e. The normalized spacial score (nSPS) is 13.4. The molecule has 1 N–H and O–H groups in total. The molecule has 1 aliphatic heterocycles. The van der Waals surface area contributed by atoms with E-state index in [1.165, 1.54) is 4.90 Å². The first kappa shape index (κ1) is 22.9. The first-order valence-corrected chi connectivity index (χ1v) is 12.1. The molecular formula is C22H18F2N2O5S2. The number of fused-ring (bicyclic) bond motifs is 1. The van der Waals surface area contributed by atoms with Crippen LogP contribution in [0.5, 0.6) is 0 Å². The topological polar surface area (TPSA) is 92.8 Å². The SMILES string of the molecule is COC(=O)c1c(S(=O)(=O)Nc2ccccc2)sc2c1CCN(C(=O)c1c(F)cccc1F)C2. The second-order valence-electron chi connectivity index (χ2n) is 7.20. The van der Waals surface area contributed by atoms with Crippen molar-refractivity contribution in [2.45, 2.75) is 17.2 Å². The van der Waals surface area contributed by atoms with E-state index in [0.717, 1.165) is 36.6 Å². The average molecular weight is 493 g/mol. The van der Waals surface area contributed by atoms with Crippen molar-refractivity contribution in [2.75, 3.05) is 18.4 Å². The molecule has 0 bridgehead atoms. The van der Waals surface area contributed by atoms with Gasteiger partial charge >= 0.3 is 5.97 Å². The van der Waals surface area contributed by atoms with Crippen molar-refractivity contribution in [3.8, 4) is 0 Å². The lowest BCUT2D eigenvalue weighted by molar-refractivity contribution is 0.0595.